The van der Waals surface area contributed by atoms with Crippen molar-refractivity contribution < 1.29 is 22.7 Å². The van der Waals surface area contributed by atoms with Gasteiger partial charge in [-0.3, -0.25) is 9.69 Å². The maximum atomic E-state index is 13.5. The normalized spacial score (nSPS) is 16.2. The molecule has 6 nitrogen and oxygen atoms in total. The summed E-state index contributed by atoms with van der Waals surface area (Å²) >= 11 is 5.53. The van der Waals surface area contributed by atoms with Crippen molar-refractivity contribution in [3.05, 3.63) is 59.2 Å². The van der Waals surface area contributed by atoms with Crippen molar-refractivity contribution in [3.8, 4) is 11.8 Å². The van der Waals surface area contributed by atoms with Crippen LogP contribution in [0.5, 0.6) is 5.75 Å². The van der Waals surface area contributed by atoms with Gasteiger partial charge >= 0.3 is 6.18 Å². The number of nitrogens with one attached hydrogen (secondary N) is 1. The van der Waals surface area contributed by atoms with E-state index in [1.54, 1.807) is 24.8 Å². The zero-order valence-corrected chi connectivity index (χ0v) is 23.0. The van der Waals surface area contributed by atoms with Crippen molar-refractivity contribution >= 4 is 28.9 Å². The molecule has 0 aromatic heterocycles. The van der Waals surface area contributed by atoms with E-state index in [1.807, 2.05) is 24.3 Å². The molecule has 1 fully saturated rings. The standard InChI is InChI=1S/C28H33F3N4O2S/c1-6-24(33-18(2)3)19-9-12-22(13-10-19)37-15-7-14-34-26(38)35(25(36)27(34,4)5)21-11-8-20(17-32)23(16-21)28(29,30)31/h8-13,16,18,24,33H,6-7,14-15H2,1-5H3. The van der Waals surface area contributed by atoms with Gasteiger partial charge in [0.25, 0.3) is 5.91 Å². The van der Waals surface area contributed by atoms with E-state index in [-0.39, 0.29) is 16.8 Å². The number of anilines is 1. The fourth-order valence-corrected chi connectivity index (χ4v) is 5.01. The van der Waals surface area contributed by atoms with Crippen LogP contribution in [0.1, 0.15) is 70.2 Å². The van der Waals surface area contributed by atoms with Gasteiger partial charge in [-0.25, -0.2) is 0 Å². The molecule has 0 radical (unpaired) electrons. The summed E-state index contributed by atoms with van der Waals surface area (Å²) in [5.74, 6) is 0.295. The number of hydrogen-bond acceptors (Lipinski definition) is 5. The first-order valence-electron chi connectivity index (χ1n) is 12.6. The number of ether oxygens (including phenoxy) is 1. The molecule has 10 heteroatoms. The van der Waals surface area contributed by atoms with E-state index >= 15 is 0 Å². The molecule has 0 aliphatic carbocycles. The second-order valence-electron chi connectivity index (χ2n) is 10.0. The van der Waals surface area contributed by atoms with Crippen LogP contribution in [0.25, 0.3) is 0 Å². The lowest BCUT2D eigenvalue weighted by Crippen LogP contribution is -2.44. The fourth-order valence-electron chi connectivity index (χ4n) is 4.50. The lowest BCUT2D eigenvalue weighted by Gasteiger charge is -2.29. The molecule has 1 amide bonds. The molecule has 1 atom stereocenters. The number of amides is 1. The highest BCUT2D eigenvalue weighted by molar-refractivity contribution is 7.80. The lowest BCUT2D eigenvalue weighted by molar-refractivity contribution is -0.137. The summed E-state index contributed by atoms with van der Waals surface area (Å²) in [5, 5.41) is 12.7. The summed E-state index contributed by atoms with van der Waals surface area (Å²) in [7, 11) is 0. The molecule has 1 aliphatic rings. The molecule has 1 saturated heterocycles. The molecule has 2 aromatic rings. The lowest BCUT2D eigenvalue weighted by atomic mass is 10.0. The van der Waals surface area contributed by atoms with Crippen LogP contribution in [0.4, 0.5) is 18.9 Å². The van der Waals surface area contributed by atoms with Crippen LogP contribution in [0.3, 0.4) is 0 Å². The Morgan fingerprint density at radius 2 is 1.82 bits per heavy atom. The van der Waals surface area contributed by atoms with Gasteiger partial charge in [-0.1, -0.05) is 32.9 Å². The second-order valence-corrected chi connectivity index (χ2v) is 10.4. The van der Waals surface area contributed by atoms with Crippen molar-refractivity contribution in [2.75, 3.05) is 18.1 Å². The molecule has 1 heterocycles. The van der Waals surface area contributed by atoms with Gasteiger partial charge < -0.3 is 15.0 Å². The number of halogens is 3. The average Bonchev–Trinajstić information content (AvgIpc) is 3.03. The highest BCUT2D eigenvalue weighted by atomic mass is 32.1. The molecule has 0 saturated carbocycles. The monoisotopic (exact) mass is 546 g/mol. The van der Waals surface area contributed by atoms with Crippen LogP contribution >= 0.6 is 12.2 Å². The maximum absolute atomic E-state index is 13.5. The van der Waals surface area contributed by atoms with E-state index in [4.69, 9.17) is 22.2 Å². The van der Waals surface area contributed by atoms with Gasteiger partial charge in [0.15, 0.2) is 5.11 Å². The molecule has 0 bridgehead atoms. The first kappa shape index (κ1) is 29.4. The topological polar surface area (TPSA) is 68.6 Å². The van der Waals surface area contributed by atoms with E-state index in [0.717, 1.165) is 29.2 Å². The van der Waals surface area contributed by atoms with Crippen molar-refractivity contribution in [3.63, 3.8) is 0 Å². The fraction of sp³-hybridized carbons (Fsp3) is 0.464. The van der Waals surface area contributed by atoms with Gasteiger partial charge in [0.1, 0.15) is 11.3 Å². The number of hydrogen-bond donors (Lipinski definition) is 1. The summed E-state index contributed by atoms with van der Waals surface area (Å²) in [4.78, 5) is 16.0. The third-order valence-corrected chi connectivity index (χ3v) is 6.93. The van der Waals surface area contributed by atoms with Crippen LogP contribution in [0, 0.1) is 11.3 Å². The Morgan fingerprint density at radius 3 is 2.37 bits per heavy atom. The summed E-state index contributed by atoms with van der Waals surface area (Å²) < 4.78 is 46.3. The Hall–Kier alpha value is -3.16. The van der Waals surface area contributed by atoms with E-state index in [2.05, 4.69) is 26.1 Å². The van der Waals surface area contributed by atoms with Crippen LogP contribution in [0.15, 0.2) is 42.5 Å². The van der Waals surface area contributed by atoms with Crippen molar-refractivity contribution in [1.29, 1.82) is 5.26 Å². The van der Waals surface area contributed by atoms with Gasteiger partial charge in [-0.2, -0.15) is 18.4 Å². The van der Waals surface area contributed by atoms with E-state index in [1.165, 1.54) is 11.6 Å². The number of alkyl halides is 3. The summed E-state index contributed by atoms with van der Waals surface area (Å²) in [5.41, 5.74) is -1.50. The Bertz CT molecular complexity index is 1210. The summed E-state index contributed by atoms with van der Waals surface area (Å²) in [6.45, 7) is 10.5. The van der Waals surface area contributed by atoms with E-state index in [9.17, 15) is 18.0 Å². The van der Waals surface area contributed by atoms with Crippen molar-refractivity contribution in [2.45, 2.75) is 71.3 Å². The Morgan fingerprint density at radius 1 is 1.16 bits per heavy atom. The number of carbonyl (C=O) groups excluding carboxylic acids is 1. The first-order valence-corrected chi connectivity index (χ1v) is 13.0. The van der Waals surface area contributed by atoms with E-state index < -0.39 is 28.7 Å². The van der Waals surface area contributed by atoms with Gasteiger partial charge in [0.2, 0.25) is 0 Å². The molecular formula is C28H33F3N4O2S. The number of thiocarbonyl (C=S) groups is 1. The minimum absolute atomic E-state index is 0.0180. The quantitative estimate of drug-likeness (QED) is 0.282. The second kappa shape index (κ2) is 11.7. The highest BCUT2D eigenvalue weighted by Gasteiger charge is 2.49. The molecule has 2 aromatic carbocycles. The van der Waals surface area contributed by atoms with Gasteiger partial charge in [0.05, 0.1) is 29.5 Å². The number of nitriles is 1. The van der Waals surface area contributed by atoms with Gasteiger partial charge in [-0.05, 0) is 74.8 Å². The van der Waals surface area contributed by atoms with Crippen LogP contribution in [-0.2, 0) is 11.0 Å². The SMILES string of the molecule is CCC(NC(C)C)c1ccc(OCCCN2C(=S)N(c3ccc(C#N)c(C(F)(F)F)c3)C(=O)C2(C)C)cc1. The van der Waals surface area contributed by atoms with Crippen molar-refractivity contribution in [1.82, 2.24) is 10.2 Å². The zero-order chi connectivity index (χ0) is 28.3. The molecule has 1 N–H and O–H groups in total. The zero-order valence-electron chi connectivity index (χ0n) is 22.2. The van der Waals surface area contributed by atoms with E-state index in [0.29, 0.717) is 25.6 Å². The van der Waals surface area contributed by atoms with Crippen molar-refractivity contribution in [2.24, 2.45) is 0 Å². The molecule has 38 heavy (non-hydrogen) atoms. The third kappa shape index (κ3) is 6.27. The summed E-state index contributed by atoms with van der Waals surface area (Å²) in [6, 6.07) is 13.3. The minimum atomic E-state index is -4.74. The predicted molar refractivity (Wildman–Crippen MR) is 145 cm³/mol. The van der Waals surface area contributed by atoms with Crippen LogP contribution in [-0.4, -0.2) is 40.7 Å². The molecular weight excluding hydrogens is 513 g/mol. The maximum Gasteiger partial charge on any atom is 0.417 e. The first-order chi connectivity index (χ1) is 17.8. The smallest absolute Gasteiger partial charge is 0.417 e. The number of benzene rings is 2. The number of carbonyl (C=O) groups is 1. The van der Waals surface area contributed by atoms with Gasteiger partial charge in [-0.15, -0.1) is 0 Å². The summed E-state index contributed by atoms with van der Waals surface area (Å²) in [6.07, 6.45) is -3.22. The minimum Gasteiger partial charge on any atom is -0.494 e. The molecule has 204 valence electrons. The average molecular weight is 547 g/mol. The Kier molecular flexibility index (Phi) is 9.05. The van der Waals surface area contributed by atoms with Gasteiger partial charge in [0, 0.05) is 18.6 Å². The molecule has 3 rings (SSSR count). The molecule has 1 aliphatic heterocycles. The number of nitrogens with zero attached hydrogens (tertiary/aromatic N) is 3. The molecule has 1 unspecified atom stereocenters. The Labute approximate surface area is 227 Å². The highest BCUT2D eigenvalue weighted by Crippen LogP contribution is 2.38. The van der Waals surface area contributed by atoms with Crippen LogP contribution in [0.2, 0.25) is 0 Å². The predicted octanol–water partition coefficient (Wildman–Crippen LogP) is 6.21. The Balaban J connectivity index is 1.66. The molecule has 0 spiro atoms. The largest absolute Gasteiger partial charge is 0.494 e. The number of rotatable bonds is 10. The van der Waals surface area contributed by atoms with Crippen LogP contribution < -0.4 is 15.0 Å². The third-order valence-electron chi connectivity index (χ3n) is 6.53.